The van der Waals surface area contributed by atoms with Crippen LogP contribution in [0.15, 0.2) is 18.5 Å². The van der Waals surface area contributed by atoms with Gasteiger partial charge in [0.25, 0.3) is 0 Å². The van der Waals surface area contributed by atoms with Crippen LogP contribution in [0.25, 0.3) is 11.0 Å². The van der Waals surface area contributed by atoms with Gasteiger partial charge >= 0.3 is 0 Å². The molecule has 0 bridgehead atoms. The van der Waals surface area contributed by atoms with E-state index in [2.05, 4.69) is 35.3 Å². The first-order valence-corrected chi connectivity index (χ1v) is 7.41. The summed E-state index contributed by atoms with van der Waals surface area (Å²) in [6.07, 6.45) is 7.14. The Hall–Kier alpha value is -1.62. The molecule has 1 saturated heterocycles. The van der Waals surface area contributed by atoms with Crippen molar-refractivity contribution in [2.24, 2.45) is 0 Å². The number of anilines is 1. The number of rotatable bonds is 3. The standard InChI is InChI=1S/C15H22N4O/c1-11(2)19-15-12(9-17-19)8-14(10-16-15)18-13-4-3-6-20-7-5-13/h8-11,13,18H,3-7H2,1-2H3. The molecule has 3 heterocycles. The molecule has 2 aromatic heterocycles. The van der Waals surface area contributed by atoms with Crippen LogP contribution < -0.4 is 5.32 Å². The maximum atomic E-state index is 5.49. The number of nitrogens with one attached hydrogen (secondary N) is 1. The second-order valence-electron chi connectivity index (χ2n) is 5.70. The Bertz CT molecular complexity index is 570. The van der Waals surface area contributed by atoms with Crippen molar-refractivity contribution in [1.82, 2.24) is 14.8 Å². The fourth-order valence-corrected chi connectivity index (χ4v) is 2.68. The zero-order valence-corrected chi connectivity index (χ0v) is 12.2. The molecular formula is C15H22N4O. The number of pyridine rings is 1. The highest BCUT2D eigenvalue weighted by Gasteiger charge is 2.13. The van der Waals surface area contributed by atoms with Crippen LogP contribution in [-0.4, -0.2) is 34.0 Å². The van der Waals surface area contributed by atoms with Crippen molar-refractivity contribution in [3.8, 4) is 0 Å². The van der Waals surface area contributed by atoms with Crippen molar-refractivity contribution in [2.45, 2.75) is 45.2 Å². The second kappa shape index (κ2) is 5.79. The summed E-state index contributed by atoms with van der Waals surface area (Å²) in [6.45, 7) is 5.97. The molecule has 1 aliphatic rings. The van der Waals surface area contributed by atoms with Crippen molar-refractivity contribution in [2.75, 3.05) is 18.5 Å². The highest BCUT2D eigenvalue weighted by atomic mass is 16.5. The van der Waals surface area contributed by atoms with E-state index in [0.29, 0.717) is 12.1 Å². The lowest BCUT2D eigenvalue weighted by Gasteiger charge is -2.16. The Morgan fingerprint density at radius 1 is 1.30 bits per heavy atom. The summed E-state index contributed by atoms with van der Waals surface area (Å²) in [7, 11) is 0. The summed E-state index contributed by atoms with van der Waals surface area (Å²) in [4.78, 5) is 4.56. The Morgan fingerprint density at radius 2 is 2.20 bits per heavy atom. The molecule has 0 amide bonds. The highest BCUT2D eigenvalue weighted by molar-refractivity contribution is 5.78. The molecule has 5 heteroatoms. The molecule has 108 valence electrons. The third-order valence-corrected chi connectivity index (χ3v) is 3.75. The van der Waals surface area contributed by atoms with E-state index in [0.717, 1.165) is 49.2 Å². The smallest absolute Gasteiger partial charge is 0.158 e. The van der Waals surface area contributed by atoms with Crippen LogP contribution in [0.4, 0.5) is 5.69 Å². The lowest BCUT2D eigenvalue weighted by atomic mass is 10.1. The molecule has 3 rings (SSSR count). The Morgan fingerprint density at radius 3 is 3.05 bits per heavy atom. The van der Waals surface area contributed by atoms with Gasteiger partial charge in [0.2, 0.25) is 0 Å². The normalized spacial score (nSPS) is 20.2. The quantitative estimate of drug-likeness (QED) is 0.935. The third kappa shape index (κ3) is 2.77. The van der Waals surface area contributed by atoms with Crippen molar-refractivity contribution in [1.29, 1.82) is 0 Å². The summed E-state index contributed by atoms with van der Waals surface area (Å²) in [5.74, 6) is 0. The minimum absolute atomic E-state index is 0.331. The van der Waals surface area contributed by atoms with Gasteiger partial charge in [-0.25, -0.2) is 9.67 Å². The van der Waals surface area contributed by atoms with E-state index in [1.54, 1.807) is 0 Å². The molecule has 0 spiro atoms. The Labute approximate surface area is 119 Å². The second-order valence-corrected chi connectivity index (χ2v) is 5.70. The van der Waals surface area contributed by atoms with E-state index in [9.17, 15) is 0 Å². The first-order chi connectivity index (χ1) is 9.74. The van der Waals surface area contributed by atoms with Crippen molar-refractivity contribution < 1.29 is 4.74 Å². The van der Waals surface area contributed by atoms with Crippen molar-refractivity contribution >= 4 is 16.7 Å². The molecular weight excluding hydrogens is 252 g/mol. The zero-order chi connectivity index (χ0) is 13.9. The number of fused-ring (bicyclic) bond motifs is 1. The van der Waals surface area contributed by atoms with Crippen molar-refractivity contribution in [3.63, 3.8) is 0 Å². The highest BCUT2D eigenvalue weighted by Crippen LogP contribution is 2.21. The predicted molar refractivity (Wildman–Crippen MR) is 80.0 cm³/mol. The van der Waals surface area contributed by atoms with E-state index in [4.69, 9.17) is 4.74 Å². The number of hydrogen-bond acceptors (Lipinski definition) is 4. The minimum Gasteiger partial charge on any atom is -0.381 e. The van der Waals surface area contributed by atoms with E-state index in [1.807, 2.05) is 17.1 Å². The maximum absolute atomic E-state index is 5.49. The van der Waals surface area contributed by atoms with Crippen molar-refractivity contribution in [3.05, 3.63) is 18.5 Å². The molecule has 2 aromatic rings. The summed E-state index contributed by atoms with van der Waals surface area (Å²) in [5, 5.41) is 9.07. The van der Waals surface area contributed by atoms with Gasteiger partial charge in [0.15, 0.2) is 5.65 Å². The van der Waals surface area contributed by atoms with Crippen LogP contribution in [0.5, 0.6) is 0 Å². The molecule has 0 aliphatic carbocycles. The topological polar surface area (TPSA) is 52.0 Å². The van der Waals surface area contributed by atoms with Gasteiger partial charge in [0, 0.05) is 30.7 Å². The number of aromatic nitrogens is 3. The molecule has 0 aromatic carbocycles. The van der Waals surface area contributed by atoms with Crippen LogP contribution in [0.3, 0.4) is 0 Å². The van der Waals surface area contributed by atoms with Gasteiger partial charge < -0.3 is 10.1 Å². The third-order valence-electron chi connectivity index (χ3n) is 3.75. The summed E-state index contributed by atoms with van der Waals surface area (Å²) in [6, 6.07) is 2.95. The molecule has 20 heavy (non-hydrogen) atoms. The van der Waals surface area contributed by atoms with Gasteiger partial charge in [-0.05, 0) is 39.2 Å². The fourth-order valence-electron chi connectivity index (χ4n) is 2.68. The van der Waals surface area contributed by atoms with Crippen LogP contribution in [-0.2, 0) is 4.74 Å². The zero-order valence-electron chi connectivity index (χ0n) is 12.2. The fraction of sp³-hybridized carbons (Fsp3) is 0.600. The summed E-state index contributed by atoms with van der Waals surface area (Å²) >= 11 is 0. The SMILES string of the molecule is CC(C)n1ncc2cc(NC3CCCOCC3)cnc21. The monoisotopic (exact) mass is 274 g/mol. The minimum atomic E-state index is 0.331. The predicted octanol–water partition coefficient (Wildman–Crippen LogP) is 2.99. The molecule has 1 N–H and O–H groups in total. The van der Waals surface area contributed by atoms with Gasteiger partial charge in [-0.1, -0.05) is 0 Å². The lowest BCUT2D eigenvalue weighted by Crippen LogP contribution is -2.19. The van der Waals surface area contributed by atoms with Gasteiger partial charge in [-0.2, -0.15) is 5.10 Å². The Balaban J connectivity index is 1.78. The summed E-state index contributed by atoms with van der Waals surface area (Å²) in [5.41, 5.74) is 2.03. The average molecular weight is 274 g/mol. The molecule has 5 nitrogen and oxygen atoms in total. The van der Waals surface area contributed by atoms with Gasteiger partial charge in [0.1, 0.15) is 0 Å². The number of hydrogen-bond donors (Lipinski definition) is 1. The lowest BCUT2D eigenvalue weighted by molar-refractivity contribution is 0.144. The van der Waals surface area contributed by atoms with E-state index in [1.165, 1.54) is 0 Å². The van der Waals surface area contributed by atoms with Gasteiger partial charge in [-0.3, -0.25) is 0 Å². The molecule has 1 atom stereocenters. The maximum Gasteiger partial charge on any atom is 0.158 e. The average Bonchev–Trinajstić information content (AvgIpc) is 2.68. The van der Waals surface area contributed by atoms with E-state index < -0.39 is 0 Å². The first-order valence-electron chi connectivity index (χ1n) is 7.41. The molecule has 1 aliphatic heterocycles. The van der Waals surface area contributed by atoms with Crippen LogP contribution >= 0.6 is 0 Å². The van der Waals surface area contributed by atoms with E-state index >= 15 is 0 Å². The van der Waals surface area contributed by atoms with Gasteiger partial charge in [-0.15, -0.1) is 0 Å². The van der Waals surface area contributed by atoms with Gasteiger partial charge in [0.05, 0.1) is 18.1 Å². The van der Waals surface area contributed by atoms with Crippen LogP contribution in [0.2, 0.25) is 0 Å². The first kappa shape index (κ1) is 13.4. The number of ether oxygens (including phenoxy) is 1. The molecule has 1 unspecified atom stereocenters. The van der Waals surface area contributed by atoms with Crippen LogP contribution in [0, 0.1) is 0 Å². The largest absolute Gasteiger partial charge is 0.381 e. The Kier molecular flexibility index (Phi) is 3.87. The molecule has 0 radical (unpaired) electrons. The number of nitrogens with zero attached hydrogens (tertiary/aromatic N) is 3. The summed E-state index contributed by atoms with van der Waals surface area (Å²) < 4.78 is 7.45. The molecule has 1 fully saturated rings. The van der Waals surface area contributed by atoms with E-state index in [-0.39, 0.29) is 0 Å². The molecule has 0 saturated carbocycles. The van der Waals surface area contributed by atoms with Crippen LogP contribution in [0.1, 0.15) is 39.2 Å².